The second-order valence-corrected chi connectivity index (χ2v) is 4.27. The first kappa shape index (κ1) is 11.0. The van der Waals surface area contributed by atoms with Gasteiger partial charge in [0.25, 0.3) is 0 Å². The Balaban J connectivity index is 2.19. The first-order valence-electron chi connectivity index (χ1n) is 5.63. The molecule has 2 nitrogen and oxygen atoms in total. The molecule has 1 aliphatic carbocycles. The van der Waals surface area contributed by atoms with Crippen molar-refractivity contribution in [3.05, 3.63) is 0 Å². The summed E-state index contributed by atoms with van der Waals surface area (Å²) < 4.78 is 0. The first-order valence-corrected chi connectivity index (χ1v) is 5.63. The molecule has 1 fully saturated rings. The Morgan fingerprint density at radius 2 is 2.15 bits per heavy atom. The van der Waals surface area contributed by atoms with Crippen LogP contribution in [0.3, 0.4) is 0 Å². The number of hydrogen-bond acceptors (Lipinski definition) is 2. The summed E-state index contributed by atoms with van der Waals surface area (Å²) in [6.07, 6.45) is 5.61. The maximum Gasteiger partial charge on any atom is 0.00928 e. The van der Waals surface area contributed by atoms with Gasteiger partial charge in [-0.1, -0.05) is 13.3 Å². The van der Waals surface area contributed by atoms with Crippen molar-refractivity contribution in [3.63, 3.8) is 0 Å². The van der Waals surface area contributed by atoms with Crippen molar-refractivity contribution < 1.29 is 0 Å². The van der Waals surface area contributed by atoms with Crippen LogP contribution in [0.5, 0.6) is 0 Å². The molecule has 0 aromatic heterocycles. The first-order chi connectivity index (χ1) is 6.27. The normalized spacial score (nSPS) is 28.6. The average molecular weight is 184 g/mol. The third-order valence-electron chi connectivity index (χ3n) is 3.45. The zero-order valence-corrected chi connectivity index (χ0v) is 9.34. The summed E-state index contributed by atoms with van der Waals surface area (Å²) in [6, 6.07) is 0.797. The molecule has 2 atom stereocenters. The molecule has 0 heterocycles. The van der Waals surface area contributed by atoms with E-state index in [4.69, 9.17) is 0 Å². The quantitative estimate of drug-likeness (QED) is 0.700. The van der Waals surface area contributed by atoms with E-state index in [9.17, 15) is 0 Å². The molecule has 78 valence electrons. The fourth-order valence-electron chi connectivity index (χ4n) is 2.31. The molecule has 0 bridgehead atoms. The molecule has 0 aromatic rings. The van der Waals surface area contributed by atoms with Gasteiger partial charge < -0.3 is 10.2 Å². The Bertz CT molecular complexity index is 136. The van der Waals surface area contributed by atoms with Crippen molar-refractivity contribution in [1.82, 2.24) is 10.2 Å². The van der Waals surface area contributed by atoms with Crippen molar-refractivity contribution in [2.75, 3.05) is 27.2 Å². The summed E-state index contributed by atoms with van der Waals surface area (Å²) >= 11 is 0. The fourth-order valence-corrected chi connectivity index (χ4v) is 2.31. The lowest BCUT2D eigenvalue weighted by molar-refractivity contribution is 0.294. The SMILES string of the molecule is CCN(C)CCC1CCCC1NC. The predicted octanol–water partition coefficient (Wildman–Crippen LogP) is 1.72. The van der Waals surface area contributed by atoms with E-state index >= 15 is 0 Å². The van der Waals surface area contributed by atoms with Gasteiger partial charge in [0.15, 0.2) is 0 Å². The molecule has 0 aromatic carbocycles. The van der Waals surface area contributed by atoms with Crippen LogP contribution in [0.1, 0.15) is 32.6 Å². The minimum absolute atomic E-state index is 0.797. The second kappa shape index (κ2) is 5.61. The predicted molar refractivity (Wildman–Crippen MR) is 58.0 cm³/mol. The molecular formula is C11H24N2. The number of nitrogens with zero attached hydrogens (tertiary/aromatic N) is 1. The molecule has 1 aliphatic rings. The zero-order valence-electron chi connectivity index (χ0n) is 9.34. The molecule has 1 saturated carbocycles. The number of nitrogens with one attached hydrogen (secondary N) is 1. The van der Waals surface area contributed by atoms with Crippen LogP contribution in [-0.4, -0.2) is 38.1 Å². The Labute approximate surface area is 82.7 Å². The maximum absolute atomic E-state index is 3.44. The summed E-state index contributed by atoms with van der Waals surface area (Å²) in [7, 11) is 4.32. The van der Waals surface area contributed by atoms with Gasteiger partial charge in [0, 0.05) is 6.04 Å². The molecular weight excluding hydrogens is 160 g/mol. The highest BCUT2D eigenvalue weighted by Crippen LogP contribution is 2.28. The van der Waals surface area contributed by atoms with Gasteiger partial charge in [-0.3, -0.25) is 0 Å². The molecule has 0 saturated heterocycles. The van der Waals surface area contributed by atoms with Crippen molar-refractivity contribution in [2.45, 2.75) is 38.6 Å². The van der Waals surface area contributed by atoms with Crippen LogP contribution in [0.2, 0.25) is 0 Å². The van der Waals surface area contributed by atoms with Crippen molar-refractivity contribution >= 4 is 0 Å². The Morgan fingerprint density at radius 3 is 2.77 bits per heavy atom. The van der Waals surface area contributed by atoms with E-state index in [1.165, 1.54) is 38.8 Å². The van der Waals surface area contributed by atoms with Gasteiger partial charge in [0.2, 0.25) is 0 Å². The largest absolute Gasteiger partial charge is 0.317 e. The molecule has 2 heteroatoms. The molecule has 2 unspecified atom stereocenters. The lowest BCUT2D eigenvalue weighted by Gasteiger charge is -2.21. The Morgan fingerprint density at radius 1 is 1.38 bits per heavy atom. The topological polar surface area (TPSA) is 15.3 Å². The highest BCUT2D eigenvalue weighted by atomic mass is 15.1. The summed E-state index contributed by atoms with van der Waals surface area (Å²) in [5.74, 6) is 0.930. The van der Waals surface area contributed by atoms with Gasteiger partial charge in [-0.2, -0.15) is 0 Å². The molecule has 0 radical (unpaired) electrons. The van der Waals surface area contributed by atoms with Crippen LogP contribution in [-0.2, 0) is 0 Å². The molecule has 13 heavy (non-hydrogen) atoms. The fraction of sp³-hybridized carbons (Fsp3) is 1.00. The van der Waals surface area contributed by atoms with E-state index in [-0.39, 0.29) is 0 Å². The highest BCUT2D eigenvalue weighted by molar-refractivity contribution is 4.82. The molecule has 0 aliphatic heterocycles. The lowest BCUT2D eigenvalue weighted by atomic mass is 9.99. The monoisotopic (exact) mass is 184 g/mol. The zero-order chi connectivity index (χ0) is 9.68. The van der Waals surface area contributed by atoms with E-state index in [1.807, 2.05) is 0 Å². The van der Waals surface area contributed by atoms with Crippen LogP contribution in [0.4, 0.5) is 0 Å². The molecule has 0 amide bonds. The van der Waals surface area contributed by atoms with E-state index in [0.29, 0.717) is 0 Å². The third-order valence-corrected chi connectivity index (χ3v) is 3.45. The Kier molecular flexibility index (Phi) is 4.74. The molecule has 0 spiro atoms. The van der Waals surface area contributed by atoms with Crippen LogP contribution in [0.25, 0.3) is 0 Å². The highest BCUT2D eigenvalue weighted by Gasteiger charge is 2.25. The number of hydrogen-bond donors (Lipinski definition) is 1. The molecule has 1 rings (SSSR count). The van der Waals surface area contributed by atoms with Gasteiger partial charge >= 0.3 is 0 Å². The van der Waals surface area contributed by atoms with E-state index in [0.717, 1.165) is 12.0 Å². The third kappa shape index (κ3) is 3.28. The van der Waals surface area contributed by atoms with Gasteiger partial charge in [-0.05, 0) is 52.4 Å². The number of rotatable bonds is 5. The summed E-state index contributed by atoms with van der Waals surface area (Å²) in [4.78, 5) is 2.41. The average Bonchev–Trinajstić information content (AvgIpc) is 2.61. The summed E-state index contributed by atoms with van der Waals surface area (Å²) in [5, 5.41) is 3.44. The summed E-state index contributed by atoms with van der Waals surface area (Å²) in [6.45, 7) is 4.67. The van der Waals surface area contributed by atoms with Crippen LogP contribution < -0.4 is 5.32 Å². The van der Waals surface area contributed by atoms with Crippen molar-refractivity contribution in [1.29, 1.82) is 0 Å². The van der Waals surface area contributed by atoms with Crippen LogP contribution in [0, 0.1) is 5.92 Å². The van der Waals surface area contributed by atoms with Crippen LogP contribution >= 0.6 is 0 Å². The summed E-state index contributed by atoms with van der Waals surface area (Å²) in [5.41, 5.74) is 0. The van der Waals surface area contributed by atoms with Gasteiger partial charge in [-0.15, -0.1) is 0 Å². The van der Waals surface area contributed by atoms with E-state index in [2.05, 4.69) is 31.2 Å². The minimum Gasteiger partial charge on any atom is -0.317 e. The standard InChI is InChI=1S/C11H24N2/c1-4-13(3)9-8-10-6-5-7-11(10)12-2/h10-12H,4-9H2,1-3H3. The smallest absolute Gasteiger partial charge is 0.00928 e. The van der Waals surface area contributed by atoms with Gasteiger partial charge in [-0.25, -0.2) is 0 Å². The van der Waals surface area contributed by atoms with Gasteiger partial charge in [0.1, 0.15) is 0 Å². The van der Waals surface area contributed by atoms with E-state index in [1.54, 1.807) is 0 Å². The van der Waals surface area contributed by atoms with Crippen LogP contribution in [0.15, 0.2) is 0 Å². The maximum atomic E-state index is 3.44. The second-order valence-electron chi connectivity index (χ2n) is 4.27. The molecule has 1 N–H and O–H groups in total. The minimum atomic E-state index is 0.797. The van der Waals surface area contributed by atoms with Gasteiger partial charge in [0.05, 0.1) is 0 Å². The van der Waals surface area contributed by atoms with E-state index < -0.39 is 0 Å². The van der Waals surface area contributed by atoms with Crippen molar-refractivity contribution in [2.24, 2.45) is 5.92 Å². The van der Waals surface area contributed by atoms with Crippen molar-refractivity contribution in [3.8, 4) is 0 Å². The lowest BCUT2D eigenvalue weighted by Crippen LogP contribution is -2.31. The Hall–Kier alpha value is -0.0800.